The fourth-order valence-electron chi connectivity index (χ4n) is 3.75. The molecule has 0 saturated carbocycles. The van der Waals surface area contributed by atoms with Gasteiger partial charge in [-0.05, 0) is 24.6 Å². The third kappa shape index (κ3) is 2.46. The molecule has 3 aliphatic heterocycles. The first-order valence-electron chi connectivity index (χ1n) is 8.67. The quantitative estimate of drug-likeness (QED) is 0.821. The third-order valence-electron chi connectivity index (χ3n) is 5.16. The van der Waals surface area contributed by atoms with Crippen LogP contribution in [-0.2, 0) is 13.0 Å². The van der Waals surface area contributed by atoms with Crippen LogP contribution in [0.15, 0.2) is 12.1 Å². The lowest BCUT2D eigenvalue weighted by Gasteiger charge is -2.28. The molecular formula is C18H18ClN3O3S. The summed E-state index contributed by atoms with van der Waals surface area (Å²) in [5.74, 6) is 1.24. The van der Waals surface area contributed by atoms with E-state index in [1.54, 1.807) is 17.4 Å². The molecule has 4 heterocycles. The molecule has 0 aliphatic carbocycles. The molecule has 2 aromatic rings. The van der Waals surface area contributed by atoms with Crippen molar-refractivity contribution in [3.63, 3.8) is 0 Å². The summed E-state index contributed by atoms with van der Waals surface area (Å²) in [6, 6.07) is 3.57. The number of thiophene rings is 1. The first kappa shape index (κ1) is 16.2. The molecule has 26 heavy (non-hydrogen) atoms. The van der Waals surface area contributed by atoms with E-state index in [0.717, 1.165) is 42.2 Å². The summed E-state index contributed by atoms with van der Waals surface area (Å²) in [5, 5.41) is 7.96. The minimum Gasteiger partial charge on any atom is -0.454 e. The van der Waals surface area contributed by atoms with Gasteiger partial charge in [-0.15, -0.1) is 11.3 Å². The van der Waals surface area contributed by atoms with Crippen LogP contribution in [0.4, 0.5) is 5.00 Å². The van der Waals surface area contributed by atoms with Crippen molar-refractivity contribution in [2.45, 2.75) is 26.1 Å². The molecule has 1 aromatic heterocycles. The number of halogens is 1. The highest BCUT2D eigenvalue weighted by atomic mass is 35.5. The molecule has 8 heteroatoms. The Labute approximate surface area is 160 Å². The number of amides is 1. The molecule has 2 N–H and O–H groups in total. The molecule has 3 aliphatic rings. The second-order valence-corrected chi connectivity index (χ2v) is 8.12. The minimum atomic E-state index is -0.389. The van der Waals surface area contributed by atoms with Crippen LogP contribution >= 0.6 is 22.9 Å². The number of hydrogen-bond acceptors (Lipinski definition) is 6. The Balaban J connectivity index is 1.50. The van der Waals surface area contributed by atoms with Gasteiger partial charge in [0.15, 0.2) is 11.5 Å². The van der Waals surface area contributed by atoms with E-state index in [2.05, 4.69) is 22.5 Å². The number of anilines is 1. The number of carbonyl (C=O) groups is 1. The number of hydrogen-bond donors (Lipinski definition) is 2. The zero-order valence-corrected chi connectivity index (χ0v) is 15.8. The highest BCUT2D eigenvalue weighted by Gasteiger charge is 2.34. The van der Waals surface area contributed by atoms with Gasteiger partial charge in [0.25, 0.3) is 5.91 Å². The van der Waals surface area contributed by atoms with Crippen molar-refractivity contribution in [3.8, 4) is 11.5 Å². The SMILES string of the molecule is CCN1CCc2c(sc3c2C(=O)N[C@H](c2cc4c(cc2Cl)OCO4)N3)C1. The van der Waals surface area contributed by atoms with Crippen LogP contribution < -0.4 is 20.1 Å². The Morgan fingerprint density at radius 3 is 2.92 bits per heavy atom. The number of ether oxygens (including phenoxy) is 2. The van der Waals surface area contributed by atoms with Crippen molar-refractivity contribution in [1.29, 1.82) is 0 Å². The van der Waals surface area contributed by atoms with Crippen molar-refractivity contribution in [1.82, 2.24) is 10.2 Å². The third-order valence-corrected chi connectivity index (χ3v) is 6.64. The zero-order chi connectivity index (χ0) is 17.8. The molecule has 1 atom stereocenters. The number of nitrogens with zero attached hydrogens (tertiary/aromatic N) is 1. The Kier molecular flexibility index (Phi) is 3.77. The average molecular weight is 392 g/mol. The van der Waals surface area contributed by atoms with Crippen molar-refractivity contribution in [2.75, 3.05) is 25.2 Å². The largest absolute Gasteiger partial charge is 0.454 e. The smallest absolute Gasteiger partial charge is 0.256 e. The molecule has 0 saturated heterocycles. The van der Waals surface area contributed by atoms with Gasteiger partial charge in [0, 0.05) is 29.6 Å². The van der Waals surface area contributed by atoms with Gasteiger partial charge >= 0.3 is 0 Å². The molecule has 0 fully saturated rings. The van der Waals surface area contributed by atoms with Gasteiger partial charge < -0.3 is 20.1 Å². The number of benzene rings is 1. The molecule has 0 bridgehead atoms. The van der Waals surface area contributed by atoms with Gasteiger partial charge in [-0.2, -0.15) is 0 Å². The van der Waals surface area contributed by atoms with Gasteiger partial charge in [-0.25, -0.2) is 0 Å². The summed E-state index contributed by atoms with van der Waals surface area (Å²) in [6.07, 6.45) is 0.527. The fourth-order valence-corrected chi connectivity index (χ4v) is 5.33. The summed E-state index contributed by atoms with van der Waals surface area (Å²) in [6.45, 7) is 5.29. The van der Waals surface area contributed by atoms with Crippen molar-refractivity contribution >= 4 is 33.8 Å². The Bertz CT molecular complexity index is 914. The molecular weight excluding hydrogens is 374 g/mol. The van der Waals surface area contributed by atoms with Gasteiger partial charge in [-0.1, -0.05) is 18.5 Å². The average Bonchev–Trinajstić information content (AvgIpc) is 3.23. The van der Waals surface area contributed by atoms with E-state index in [1.165, 1.54) is 10.4 Å². The Morgan fingerprint density at radius 1 is 1.31 bits per heavy atom. The number of nitrogens with one attached hydrogen (secondary N) is 2. The summed E-state index contributed by atoms with van der Waals surface area (Å²) in [5.41, 5.74) is 2.76. The van der Waals surface area contributed by atoms with Crippen LogP contribution in [0.3, 0.4) is 0 Å². The molecule has 0 radical (unpaired) electrons. The molecule has 1 amide bonds. The monoisotopic (exact) mass is 391 g/mol. The number of carbonyl (C=O) groups excluding carboxylic acids is 1. The van der Waals surface area contributed by atoms with Crippen LogP contribution in [0.5, 0.6) is 11.5 Å². The van der Waals surface area contributed by atoms with Crippen LogP contribution in [0.2, 0.25) is 5.02 Å². The van der Waals surface area contributed by atoms with Gasteiger partial charge in [0.05, 0.1) is 10.6 Å². The van der Waals surface area contributed by atoms with E-state index in [9.17, 15) is 4.79 Å². The summed E-state index contributed by atoms with van der Waals surface area (Å²) < 4.78 is 10.8. The molecule has 5 rings (SSSR count). The van der Waals surface area contributed by atoms with Crippen LogP contribution in [0.1, 0.15) is 39.5 Å². The maximum absolute atomic E-state index is 12.8. The minimum absolute atomic E-state index is 0.0417. The van der Waals surface area contributed by atoms with Gasteiger partial charge in [0.1, 0.15) is 11.2 Å². The zero-order valence-electron chi connectivity index (χ0n) is 14.2. The summed E-state index contributed by atoms with van der Waals surface area (Å²) in [7, 11) is 0. The lowest BCUT2D eigenvalue weighted by molar-refractivity contribution is 0.0934. The van der Waals surface area contributed by atoms with E-state index in [-0.39, 0.29) is 18.9 Å². The highest BCUT2D eigenvalue weighted by molar-refractivity contribution is 7.16. The van der Waals surface area contributed by atoms with Crippen molar-refractivity contribution in [3.05, 3.63) is 38.7 Å². The summed E-state index contributed by atoms with van der Waals surface area (Å²) >= 11 is 8.10. The predicted octanol–water partition coefficient (Wildman–Crippen LogP) is 3.36. The topological polar surface area (TPSA) is 62.8 Å². The maximum Gasteiger partial charge on any atom is 0.256 e. The fraction of sp³-hybridized carbons (Fsp3) is 0.389. The second-order valence-electron chi connectivity index (χ2n) is 6.60. The van der Waals surface area contributed by atoms with E-state index in [0.29, 0.717) is 16.5 Å². The predicted molar refractivity (Wildman–Crippen MR) is 100 cm³/mol. The van der Waals surface area contributed by atoms with E-state index >= 15 is 0 Å². The lowest BCUT2D eigenvalue weighted by Crippen LogP contribution is -2.39. The number of fused-ring (bicyclic) bond motifs is 4. The summed E-state index contributed by atoms with van der Waals surface area (Å²) in [4.78, 5) is 16.5. The van der Waals surface area contributed by atoms with E-state index < -0.39 is 0 Å². The maximum atomic E-state index is 12.8. The Morgan fingerprint density at radius 2 is 2.12 bits per heavy atom. The molecule has 1 aromatic carbocycles. The highest BCUT2D eigenvalue weighted by Crippen LogP contribution is 2.43. The lowest BCUT2D eigenvalue weighted by atomic mass is 10.00. The number of rotatable bonds is 2. The molecule has 0 unspecified atom stereocenters. The molecule has 6 nitrogen and oxygen atoms in total. The second kappa shape index (κ2) is 6.04. The van der Waals surface area contributed by atoms with Crippen molar-refractivity contribution in [2.24, 2.45) is 0 Å². The van der Waals surface area contributed by atoms with E-state index in [4.69, 9.17) is 21.1 Å². The first-order valence-corrected chi connectivity index (χ1v) is 9.87. The Hall–Kier alpha value is -1.96. The first-order chi connectivity index (χ1) is 12.6. The standard InChI is InChI=1S/C18H18ClN3O3S/c1-2-22-4-3-9-14(7-22)26-18-15(9)17(23)20-16(21-18)10-5-12-13(6-11(10)19)25-8-24-12/h5-6,16,21H,2-4,7-8H2,1H3,(H,20,23)/t16-/m0/s1. The normalized spacial score (nSPS) is 21.0. The van der Waals surface area contributed by atoms with Gasteiger partial charge in [0.2, 0.25) is 6.79 Å². The molecule has 0 spiro atoms. The molecule has 136 valence electrons. The van der Waals surface area contributed by atoms with Crippen LogP contribution in [0, 0.1) is 0 Å². The van der Waals surface area contributed by atoms with E-state index in [1.807, 2.05) is 6.07 Å². The van der Waals surface area contributed by atoms with Gasteiger partial charge in [-0.3, -0.25) is 9.69 Å². The van der Waals surface area contributed by atoms with Crippen molar-refractivity contribution < 1.29 is 14.3 Å². The van der Waals surface area contributed by atoms with Crippen LogP contribution in [0.25, 0.3) is 0 Å². The number of likely N-dealkylation sites (N-methyl/N-ethyl adjacent to an activating group) is 1. The van der Waals surface area contributed by atoms with Crippen LogP contribution in [-0.4, -0.2) is 30.7 Å².